The topological polar surface area (TPSA) is 107 Å². The summed E-state index contributed by atoms with van der Waals surface area (Å²) in [6.45, 7) is 0.394. The monoisotopic (exact) mass is 422 g/mol. The molecule has 3 rings (SSSR count). The van der Waals surface area contributed by atoms with Crippen LogP contribution < -0.4 is 16.0 Å². The van der Waals surface area contributed by atoms with Crippen LogP contribution in [0.4, 0.5) is 10.2 Å². The maximum absolute atomic E-state index is 13.3. The van der Waals surface area contributed by atoms with E-state index in [4.69, 9.17) is 16.7 Å². The third kappa shape index (κ3) is 4.56. The van der Waals surface area contributed by atoms with E-state index < -0.39 is 21.4 Å². The van der Waals surface area contributed by atoms with Gasteiger partial charge in [-0.25, -0.2) is 22.9 Å². The highest BCUT2D eigenvalue weighted by molar-refractivity contribution is 7.89. The molecule has 28 heavy (non-hydrogen) atoms. The molecule has 7 nitrogen and oxygen atoms in total. The number of nitrogens with two attached hydrogens (primary N) is 1. The molecule has 146 valence electrons. The van der Waals surface area contributed by atoms with E-state index in [0.717, 1.165) is 5.56 Å². The van der Waals surface area contributed by atoms with Crippen molar-refractivity contribution < 1.29 is 12.8 Å². The second kappa shape index (κ2) is 8.09. The SMILES string of the molecule is NS(=O)(=O)c1ccc(CCNc2nccn(-c3ccc(F)c(Cl)c3)c2=O)cc1. The van der Waals surface area contributed by atoms with Crippen molar-refractivity contribution >= 4 is 27.4 Å². The lowest BCUT2D eigenvalue weighted by Gasteiger charge is -2.10. The number of primary sulfonamides is 1. The molecule has 1 aromatic heterocycles. The molecule has 0 spiro atoms. The van der Waals surface area contributed by atoms with Gasteiger partial charge >= 0.3 is 0 Å². The number of halogens is 2. The smallest absolute Gasteiger partial charge is 0.297 e. The molecule has 0 atom stereocenters. The number of aromatic nitrogens is 2. The minimum absolute atomic E-state index is 0.0368. The summed E-state index contributed by atoms with van der Waals surface area (Å²) in [5.74, 6) is -0.441. The molecule has 3 N–H and O–H groups in total. The lowest BCUT2D eigenvalue weighted by molar-refractivity contribution is 0.597. The van der Waals surface area contributed by atoms with E-state index in [1.807, 2.05) is 0 Å². The van der Waals surface area contributed by atoms with Crippen molar-refractivity contribution in [2.24, 2.45) is 5.14 Å². The minimum atomic E-state index is -3.73. The van der Waals surface area contributed by atoms with Crippen molar-refractivity contribution in [3.05, 3.63) is 81.6 Å². The minimum Gasteiger partial charge on any atom is -0.365 e. The highest BCUT2D eigenvalue weighted by Crippen LogP contribution is 2.18. The number of nitrogens with zero attached hydrogens (tertiary/aromatic N) is 2. The first-order valence-corrected chi connectivity index (χ1v) is 10.1. The molecule has 0 saturated carbocycles. The van der Waals surface area contributed by atoms with Crippen LogP contribution in [0.3, 0.4) is 0 Å². The Kier molecular flexibility index (Phi) is 5.78. The van der Waals surface area contributed by atoms with Gasteiger partial charge < -0.3 is 5.32 Å². The number of rotatable bonds is 6. The third-order valence-electron chi connectivity index (χ3n) is 3.98. The Bertz CT molecular complexity index is 1160. The van der Waals surface area contributed by atoms with E-state index in [0.29, 0.717) is 18.7 Å². The first-order valence-electron chi connectivity index (χ1n) is 8.14. The highest BCUT2D eigenvalue weighted by Gasteiger charge is 2.09. The van der Waals surface area contributed by atoms with Gasteiger partial charge in [-0.1, -0.05) is 23.7 Å². The number of hydrogen-bond donors (Lipinski definition) is 2. The molecule has 1 heterocycles. The third-order valence-corrected chi connectivity index (χ3v) is 5.20. The molecule has 0 bridgehead atoms. The fourth-order valence-electron chi connectivity index (χ4n) is 2.54. The van der Waals surface area contributed by atoms with Gasteiger partial charge in [-0.2, -0.15) is 0 Å². The quantitative estimate of drug-likeness (QED) is 0.634. The predicted molar refractivity (Wildman–Crippen MR) is 105 cm³/mol. The molecule has 0 radical (unpaired) electrons. The van der Waals surface area contributed by atoms with Crippen LogP contribution in [-0.2, 0) is 16.4 Å². The first kappa shape index (κ1) is 20.0. The van der Waals surface area contributed by atoms with Crippen molar-refractivity contribution in [2.75, 3.05) is 11.9 Å². The lowest BCUT2D eigenvalue weighted by atomic mass is 10.1. The predicted octanol–water partition coefficient (Wildman–Crippen LogP) is 2.33. The maximum atomic E-state index is 13.3. The molecule has 3 aromatic rings. The zero-order chi connectivity index (χ0) is 20.3. The summed E-state index contributed by atoms with van der Waals surface area (Å²) in [6.07, 6.45) is 3.44. The number of benzene rings is 2. The molecule has 0 unspecified atom stereocenters. The van der Waals surface area contributed by atoms with Crippen LogP contribution >= 0.6 is 11.6 Å². The molecular weight excluding hydrogens is 407 g/mol. The molecule has 0 aliphatic heterocycles. The largest absolute Gasteiger partial charge is 0.365 e. The van der Waals surface area contributed by atoms with Crippen LogP contribution in [0.25, 0.3) is 5.69 Å². The summed E-state index contributed by atoms with van der Waals surface area (Å²) in [6, 6.07) is 10.1. The molecule has 0 fully saturated rings. The molecule has 0 aliphatic carbocycles. The van der Waals surface area contributed by atoms with Gasteiger partial charge in [0.1, 0.15) is 5.82 Å². The average Bonchev–Trinajstić information content (AvgIpc) is 2.65. The molecular formula is C18H16ClFN4O3S. The van der Waals surface area contributed by atoms with Crippen molar-refractivity contribution in [2.45, 2.75) is 11.3 Å². The van der Waals surface area contributed by atoms with Crippen molar-refractivity contribution in [1.29, 1.82) is 0 Å². The van der Waals surface area contributed by atoms with E-state index in [9.17, 15) is 17.6 Å². The van der Waals surface area contributed by atoms with E-state index in [2.05, 4.69) is 10.3 Å². The molecule has 0 amide bonds. The van der Waals surface area contributed by atoms with Crippen LogP contribution in [0.15, 0.2) is 64.5 Å². The number of nitrogens with one attached hydrogen (secondary N) is 1. The Hall–Kier alpha value is -2.75. The average molecular weight is 423 g/mol. The van der Waals surface area contributed by atoms with Crippen molar-refractivity contribution in [3.8, 4) is 5.69 Å². The summed E-state index contributed by atoms with van der Waals surface area (Å²) in [5, 5.41) is 7.93. The summed E-state index contributed by atoms with van der Waals surface area (Å²) >= 11 is 5.78. The Morgan fingerprint density at radius 3 is 2.54 bits per heavy atom. The van der Waals surface area contributed by atoms with Gasteiger partial charge in [-0.05, 0) is 42.3 Å². The van der Waals surface area contributed by atoms with Gasteiger partial charge in [-0.3, -0.25) is 9.36 Å². The van der Waals surface area contributed by atoms with Crippen molar-refractivity contribution in [1.82, 2.24) is 9.55 Å². The zero-order valence-electron chi connectivity index (χ0n) is 14.5. The number of hydrogen-bond acceptors (Lipinski definition) is 5. The Morgan fingerprint density at radius 2 is 1.89 bits per heavy atom. The normalized spacial score (nSPS) is 11.4. The van der Waals surface area contributed by atoms with E-state index in [1.165, 1.54) is 47.3 Å². The molecule has 0 saturated heterocycles. The Labute approximate surface area is 165 Å². The van der Waals surface area contributed by atoms with Gasteiger partial charge in [-0.15, -0.1) is 0 Å². The summed E-state index contributed by atoms with van der Waals surface area (Å²) < 4.78 is 37.2. The second-order valence-corrected chi connectivity index (χ2v) is 7.88. The molecule has 10 heteroatoms. The molecule has 2 aromatic carbocycles. The number of anilines is 1. The molecule has 0 aliphatic rings. The zero-order valence-corrected chi connectivity index (χ0v) is 16.0. The summed E-state index contributed by atoms with van der Waals surface area (Å²) in [5.41, 5.74) is 0.872. The Balaban J connectivity index is 1.72. The van der Waals surface area contributed by atoms with Gasteiger partial charge in [0.15, 0.2) is 5.82 Å². The van der Waals surface area contributed by atoms with Crippen molar-refractivity contribution in [3.63, 3.8) is 0 Å². The second-order valence-electron chi connectivity index (χ2n) is 5.92. The number of sulfonamides is 1. The fraction of sp³-hybridized carbons (Fsp3) is 0.111. The van der Waals surface area contributed by atoms with Crippen LogP contribution in [0.1, 0.15) is 5.56 Å². The fourth-order valence-corrected chi connectivity index (χ4v) is 3.23. The Morgan fingerprint density at radius 1 is 1.18 bits per heavy atom. The van der Waals surface area contributed by atoms with Crippen LogP contribution in [0.5, 0.6) is 0 Å². The van der Waals surface area contributed by atoms with E-state index in [-0.39, 0.29) is 15.7 Å². The van der Waals surface area contributed by atoms with Crippen LogP contribution in [-0.4, -0.2) is 24.5 Å². The summed E-state index contributed by atoms with van der Waals surface area (Å²) in [4.78, 5) is 16.7. The lowest BCUT2D eigenvalue weighted by Crippen LogP contribution is -2.24. The van der Waals surface area contributed by atoms with Gasteiger partial charge in [0.05, 0.1) is 15.6 Å². The first-order chi connectivity index (χ1) is 13.3. The maximum Gasteiger partial charge on any atom is 0.297 e. The summed E-state index contributed by atoms with van der Waals surface area (Å²) in [7, 11) is -3.73. The van der Waals surface area contributed by atoms with E-state index >= 15 is 0 Å². The van der Waals surface area contributed by atoms with E-state index in [1.54, 1.807) is 12.1 Å². The van der Waals surface area contributed by atoms with Gasteiger partial charge in [0.25, 0.3) is 5.56 Å². The van der Waals surface area contributed by atoms with Crippen LogP contribution in [0, 0.1) is 5.82 Å². The van der Waals surface area contributed by atoms with Gasteiger partial charge in [0.2, 0.25) is 10.0 Å². The van der Waals surface area contributed by atoms with Crippen LogP contribution in [0.2, 0.25) is 5.02 Å². The highest BCUT2D eigenvalue weighted by atomic mass is 35.5. The van der Waals surface area contributed by atoms with Gasteiger partial charge in [0, 0.05) is 18.9 Å². The standard InChI is InChI=1S/C18H16ClFN4O3S/c19-15-11-13(3-6-16(15)20)24-10-9-23-17(18(24)25)22-8-7-12-1-4-14(5-2-12)28(21,26)27/h1-6,9-11H,7-8H2,(H,22,23)(H2,21,26,27).